The molecule has 0 radical (unpaired) electrons. The lowest BCUT2D eigenvalue weighted by atomic mass is 10.1. The average molecular weight is 345 g/mol. The van der Waals surface area contributed by atoms with Crippen molar-refractivity contribution in [1.82, 2.24) is 5.32 Å². The van der Waals surface area contributed by atoms with E-state index in [0.717, 1.165) is 17.9 Å². The fourth-order valence-corrected chi connectivity index (χ4v) is 2.47. The summed E-state index contributed by atoms with van der Waals surface area (Å²) in [4.78, 5) is 0. The van der Waals surface area contributed by atoms with Crippen molar-refractivity contribution in [1.29, 1.82) is 0 Å². The van der Waals surface area contributed by atoms with E-state index in [1.165, 1.54) is 0 Å². The number of nitrogens with one attached hydrogen (secondary N) is 1. The van der Waals surface area contributed by atoms with Gasteiger partial charge in [-0.3, -0.25) is 0 Å². The van der Waals surface area contributed by atoms with Crippen molar-refractivity contribution < 1.29 is 4.74 Å². The second kappa shape index (κ2) is 7.90. The molecule has 112 valence electrons. The monoisotopic (exact) mass is 343 g/mol. The Morgan fingerprint density at radius 1 is 1.05 bits per heavy atom. The molecule has 0 heterocycles. The topological polar surface area (TPSA) is 21.3 Å². The first kappa shape index (κ1) is 16.4. The van der Waals surface area contributed by atoms with Gasteiger partial charge in [0.05, 0.1) is 16.1 Å². The summed E-state index contributed by atoms with van der Waals surface area (Å²) >= 11 is 18.0. The highest BCUT2D eigenvalue weighted by Gasteiger charge is 2.13. The molecule has 2 aromatic carbocycles. The molecule has 0 aromatic heterocycles. The zero-order chi connectivity index (χ0) is 15.2. The smallest absolute Gasteiger partial charge is 0.120 e. The molecule has 2 rings (SSSR count). The number of hydrogen-bond acceptors (Lipinski definition) is 2. The third kappa shape index (κ3) is 4.79. The van der Waals surface area contributed by atoms with Crippen LogP contribution in [0.25, 0.3) is 0 Å². The van der Waals surface area contributed by atoms with Gasteiger partial charge in [0.2, 0.25) is 0 Å². The van der Waals surface area contributed by atoms with Crippen molar-refractivity contribution in [3.8, 4) is 5.75 Å². The average Bonchev–Trinajstić information content (AvgIpc) is 2.46. The molecule has 0 bridgehead atoms. The summed E-state index contributed by atoms with van der Waals surface area (Å²) in [5.41, 5.74) is 1.04. The Morgan fingerprint density at radius 3 is 2.52 bits per heavy atom. The standard InChI is InChI=1S/C16H16Cl3NO/c1-2-20-16(11-6-7-14(18)15(19)8-11)10-21-13-5-3-4-12(17)9-13/h3-9,16,20H,2,10H2,1H3. The molecule has 0 amide bonds. The Morgan fingerprint density at radius 2 is 1.86 bits per heavy atom. The normalized spacial score (nSPS) is 12.2. The molecule has 2 nitrogen and oxygen atoms in total. The maximum Gasteiger partial charge on any atom is 0.120 e. The second-order valence-corrected chi connectivity index (χ2v) is 5.80. The van der Waals surface area contributed by atoms with Crippen LogP contribution in [0.3, 0.4) is 0 Å². The predicted molar refractivity (Wildman–Crippen MR) is 89.8 cm³/mol. The van der Waals surface area contributed by atoms with Gasteiger partial charge in [-0.25, -0.2) is 0 Å². The summed E-state index contributed by atoms with van der Waals surface area (Å²) in [6.07, 6.45) is 0. The molecule has 2 aromatic rings. The largest absolute Gasteiger partial charge is 0.492 e. The summed E-state index contributed by atoms with van der Waals surface area (Å²) in [5.74, 6) is 0.741. The van der Waals surface area contributed by atoms with Crippen LogP contribution in [0.1, 0.15) is 18.5 Å². The van der Waals surface area contributed by atoms with Gasteiger partial charge in [0, 0.05) is 5.02 Å². The van der Waals surface area contributed by atoms with Crippen LogP contribution >= 0.6 is 34.8 Å². The van der Waals surface area contributed by atoms with Gasteiger partial charge in [-0.1, -0.05) is 53.9 Å². The molecule has 21 heavy (non-hydrogen) atoms. The Labute approximate surface area is 140 Å². The predicted octanol–water partition coefficient (Wildman–Crippen LogP) is 5.38. The van der Waals surface area contributed by atoms with Crippen LogP contribution in [0.15, 0.2) is 42.5 Å². The third-order valence-electron chi connectivity index (χ3n) is 3.01. The van der Waals surface area contributed by atoms with Gasteiger partial charge in [-0.05, 0) is 42.4 Å². The van der Waals surface area contributed by atoms with E-state index in [1.807, 2.05) is 37.3 Å². The summed E-state index contributed by atoms with van der Waals surface area (Å²) in [6.45, 7) is 3.35. The van der Waals surface area contributed by atoms with Crippen molar-refractivity contribution in [2.24, 2.45) is 0 Å². The number of hydrogen-bond donors (Lipinski definition) is 1. The summed E-state index contributed by atoms with van der Waals surface area (Å²) in [5, 5.41) is 5.11. The van der Waals surface area contributed by atoms with E-state index in [-0.39, 0.29) is 6.04 Å². The van der Waals surface area contributed by atoms with E-state index in [2.05, 4.69) is 5.32 Å². The minimum absolute atomic E-state index is 0.0312. The van der Waals surface area contributed by atoms with Crippen molar-refractivity contribution in [3.63, 3.8) is 0 Å². The van der Waals surface area contributed by atoms with Crippen LogP contribution in [0.4, 0.5) is 0 Å². The van der Waals surface area contributed by atoms with Crippen LogP contribution < -0.4 is 10.1 Å². The Bertz CT molecular complexity index is 604. The van der Waals surface area contributed by atoms with Crippen molar-refractivity contribution in [3.05, 3.63) is 63.1 Å². The van der Waals surface area contributed by atoms with Crippen molar-refractivity contribution in [2.45, 2.75) is 13.0 Å². The molecule has 1 N–H and O–H groups in total. The van der Waals surface area contributed by atoms with E-state index < -0.39 is 0 Å². The minimum Gasteiger partial charge on any atom is -0.492 e. The van der Waals surface area contributed by atoms with Crippen molar-refractivity contribution >= 4 is 34.8 Å². The third-order valence-corrected chi connectivity index (χ3v) is 3.98. The van der Waals surface area contributed by atoms with Crippen molar-refractivity contribution in [2.75, 3.05) is 13.2 Å². The van der Waals surface area contributed by atoms with Gasteiger partial charge in [0.25, 0.3) is 0 Å². The van der Waals surface area contributed by atoms with E-state index in [1.54, 1.807) is 12.1 Å². The molecule has 0 aliphatic heterocycles. The second-order valence-electron chi connectivity index (χ2n) is 4.55. The van der Waals surface area contributed by atoms with Gasteiger partial charge in [0.1, 0.15) is 12.4 Å². The highest BCUT2D eigenvalue weighted by molar-refractivity contribution is 6.42. The van der Waals surface area contributed by atoms with Gasteiger partial charge in [0.15, 0.2) is 0 Å². The first-order valence-electron chi connectivity index (χ1n) is 6.67. The SMILES string of the molecule is CCNC(COc1cccc(Cl)c1)c1ccc(Cl)c(Cl)c1. The van der Waals surface area contributed by atoms with E-state index in [9.17, 15) is 0 Å². The fraction of sp³-hybridized carbons (Fsp3) is 0.250. The maximum absolute atomic E-state index is 6.08. The molecular formula is C16H16Cl3NO. The number of halogens is 3. The molecule has 1 unspecified atom stereocenters. The molecule has 0 spiro atoms. The Kier molecular flexibility index (Phi) is 6.19. The fourth-order valence-electron chi connectivity index (χ4n) is 1.98. The molecule has 0 saturated heterocycles. The van der Waals surface area contributed by atoms with Gasteiger partial charge < -0.3 is 10.1 Å². The highest BCUT2D eigenvalue weighted by Crippen LogP contribution is 2.26. The summed E-state index contributed by atoms with van der Waals surface area (Å²) in [7, 11) is 0. The van der Waals surface area contributed by atoms with Gasteiger partial charge >= 0.3 is 0 Å². The molecule has 5 heteroatoms. The van der Waals surface area contributed by atoms with Crippen LogP contribution in [0.5, 0.6) is 5.75 Å². The van der Waals surface area contributed by atoms with Gasteiger partial charge in [-0.15, -0.1) is 0 Å². The quantitative estimate of drug-likeness (QED) is 0.760. The molecule has 0 fully saturated rings. The number of rotatable bonds is 6. The number of likely N-dealkylation sites (N-methyl/N-ethyl adjacent to an activating group) is 1. The molecule has 1 atom stereocenters. The Balaban J connectivity index is 2.09. The first-order chi connectivity index (χ1) is 10.1. The number of ether oxygens (including phenoxy) is 1. The number of benzene rings is 2. The van der Waals surface area contributed by atoms with Crippen LogP contribution in [-0.2, 0) is 0 Å². The first-order valence-corrected chi connectivity index (χ1v) is 7.80. The molecule has 0 saturated carbocycles. The van der Waals surface area contributed by atoms with E-state index in [4.69, 9.17) is 39.5 Å². The lowest BCUT2D eigenvalue weighted by Crippen LogP contribution is -2.26. The lowest BCUT2D eigenvalue weighted by Gasteiger charge is -2.19. The molecule has 0 aliphatic rings. The van der Waals surface area contributed by atoms with E-state index in [0.29, 0.717) is 21.7 Å². The molecule has 0 aliphatic carbocycles. The summed E-state index contributed by atoms with van der Waals surface area (Å²) in [6, 6.07) is 13.0. The molecular weight excluding hydrogens is 329 g/mol. The lowest BCUT2D eigenvalue weighted by molar-refractivity contribution is 0.268. The minimum atomic E-state index is 0.0312. The Hall–Kier alpha value is -0.930. The van der Waals surface area contributed by atoms with Crippen LogP contribution in [0.2, 0.25) is 15.1 Å². The van der Waals surface area contributed by atoms with E-state index >= 15 is 0 Å². The zero-order valence-electron chi connectivity index (χ0n) is 11.6. The summed E-state index contributed by atoms with van der Waals surface area (Å²) < 4.78 is 5.80. The van der Waals surface area contributed by atoms with Crippen LogP contribution in [0, 0.1) is 0 Å². The van der Waals surface area contributed by atoms with Gasteiger partial charge in [-0.2, -0.15) is 0 Å². The highest BCUT2D eigenvalue weighted by atomic mass is 35.5. The van der Waals surface area contributed by atoms with Crippen LogP contribution in [-0.4, -0.2) is 13.2 Å². The maximum atomic E-state index is 6.08. The zero-order valence-corrected chi connectivity index (χ0v) is 13.8.